The summed E-state index contributed by atoms with van der Waals surface area (Å²) in [7, 11) is 0. The van der Waals surface area contributed by atoms with Gasteiger partial charge in [0.15, 0.2) is 0 Å². The third-order valence-corrected chi connectivity index (χ3v) is 3.44. The van der Waals surface area contributed by atoms with E-state index < -0.39 is 17.7 Å². The Kier molecular flexibility index (Phi) is 2.99. The molecule has 0 aromatic heterocycles. The Labute approximate surface area is 114 Å². The Morgan fingerprint density at radius 2 is 1.90 bits per heavy atom. The molecule has 3 nitrogen and oxygen atoms in total. The van der Waals surface area contributed by atoms with Crippen molar-refractivity contribution in [2.75, 3.05) is 4.90 Å². The first-order valence-corrected chi connectivity index (χ1v) is 6.18. The van der Waals surface area contributed by atoms with E-state index >= 15 is 0 Å². The number of anilines is 1. The molecule has 1 unspecified atom stereocenters. The SMILES string of the molecule is NC1C(=O)N(Cc2ccccc2F)c2cc(F)ccc21. The van der Waals surface area contributed by atoms with Gasteiger partial charge in [-0.2, -0.15) is 0 Å². The average Bonchev–Trinajstić information content (AvgIpc) is 2.66. The number of benzene rings is 2. The van der Waals surface area contributed by atoms with Gasteiger partial charge in [0.05, 0.1) is 12.2 Å². The maximum atomic E-state index is 13.7. The van der Waals surface area contributed by atoms with Crippen LogP contribution >= 0.6 is 0 Å². The van der Waals surface area contributed by atoms with E-state index in [9.17, 15) is 13.6 Å². The van der Waals surface area contributed by atoms with E-state index in [4.69, 9.17) is 5.73 Å². The van der Waals surface area contributed by atoms with Crippen LogP contribution in [0.3, 0.4) is 0 Å². The van der Waals surface area contributed by atoms with Gasteiger partial charge < -0.3 is 10.6 Å². The van der Waals surface area contributed by atoms with E-state index in [-0.39, 0.29) is 12.5 Å². The van der Waals surface area contributed by atoms with Crippen molar-refractivity contribution in [3.8, 4) is 0 Å². The number of hydrogen-bond acceptors (Lipinski definition) is 2. The van der Waals surface area contributed by atoms with Gasteiger partial charge in [0, 0.05) is 11.1 Å². The first-order chi connectivity index (χ1) is 9.58. The van der Waals surface area contributed by atoms with Crippen LogP contribution in [0.25, 0.3) is 0 Å². The van der Waals surface area contributed by atoms with E-state index in [2.05, 4.69) is 0 Å². The molecule has 0 saturated heterocycles. The zero-order valence-corrected chi connectivity index (χ0v) is 10.5. The lowest BCUT2D eigenvalue weighted by atomic mass is 10.1. The van der Waals surface area contributed by atoms with Crippen LogP contribution in [-0.2, 0) is 11.3 Å². The largest absolute Gasteiger partial charge is 0.316 e. The lowest BCUT2D eigenvalue weighted by molar-refractivity contribution is -0.119. The van der Waals surface area contributed by atoms with Crippen molar-refractivity contribution in [1.29, 1.82) is 0 Å². The highest BCUT2D eigenvalue weighted by Crippen LogP contribution is 2.36. The molecule has 0 aliphatic carbocycles. The number of nitrogens with two attached hydrogens (primary N) is 1. The first kappa shape index (κ1) is 12.7. The Morgan fingerprint density at radius 3 is 2.65 bits per heavy atom. The molecule has 0 saturated carbocycles. The van der Waals surface area contributed by atoms with Crippen LogP contribution in [-0.4, -0.2) is 5.91 Å². The minimum Gasteiger partial charge on any atom is -0.316 e. The quantitative estimate of drug-likeness (QED) is 0.914. The van der Waals surface area contributed by atoms with Gasteiger partial charge in [-0.05, 0) is 18.2 Å². The summed E-state index contributed by atoms with van der Waals surface area (Å²) >= 11 is 0. The zero-order valence-electron chi connectivity index (χ0n) is 10.5. The maximum Gasteiger partial charge on any atom is 0.248 e. The minimum absolute atomic E-state index is 0.0374. The lowest BCUT2D eigenvalue weighted by Gasteiger charge is -2.18. The zero-order chi connectivity index (χ0) is 14.3. The molecule has 2 aromatic carbocycles. The maximum absolute atomic E-state index is 13.7. The Hall–Kier alpha value is -2.27. The van der Waals surface area contributed by atoms with Crippen LogP contribution in [0, 0.1) is 11.6 Å². The van der Waals surface area contributed by atoms with Gasteiger partial charge in [-0.1, -0.05) is 24.3 Å². The summed E-state index contributed by atoms with van der Waals surface area (Å²) in [5.74, 6) is -1.21. The first-order valence-electron chi connectivity index (χ1n) is 6.18. The van der Waals surface area contributed by atoms with E-state index in [1.54, 1.807) is 18.2 Å². The molecular formula is C15H12F2N2O. The molecule has 1 aliphatic heterocycles. The molecule has 1 aliphatic rings. The summed E-state index contributed by atoms with van der Waals surface area (Å²) in [6.07, 6.45) is 0. The Morgan fingerprint density at radius 1 is 1.15 bits per heavy atom. The molecule has 1 amide bonds. The molecule has 0 fully saturated rings. The summed E-state index contributed by atoms with van der Waals surface area (Å²) in [6.45, 7) is 0.0374. The van der Waals surface area contributed by atoms with Gasteiger partial charge in [-0.25, -0.2) is 8.78 Å². The molecule has 102 valence electrons. The molecule has 0 spiro atoms. The van der Waals surface area contributed by atoms with E-state index in [1.165, 1.54) is 29.2 Å². The molecule has 1 atom stereocenters. The molecular weight excluding hydrogens is 262 g/mol. The summed E-state index contributed by atoms with van der Waals surface area (Å²) in [5, 5.41) is 0. The van der Waals surface area contributed by atoms with Crippen molar-refractivity contribution < 1.29 is 13.6 Å². The monoisotopic (exact) mass is 274 g/mol. The normalized spacial score (nSPS) is 17.4. The van der Waals surface area contributed by atoms with Crippen molar-refractivity contribution in [3.05, 3.63) is 65.2 Å². The van der Waals surface area contributed by atoms with Crippen LogP contribution in [0.1, 0.15) is 17.2 Å². The highest BCUT2D eigenvalue weighted by Gasteiger charge is 2.35. The van der Waals surface area contributed by atoms with Crippen molar-refractivity contribution in [2.24, 2.45) is 5.73 Å². The van der Waals surface area contributed by atoms with Crippen molar-refractivity contribution in [1.82, 2.24) is 0 Å². The van der Waals surface area contributed by atoms with Crippen LogP contribution in [0.4, 0.5) is 14.5 Å². The smallest absolute Gasteiger partial charge is 0.248 e. The van der Waals surface area contributed by atoms with Crippen LogP contribution < -0.4 is 10.6 Å². The number of carbonyl (C=O) groups excluding carboxylic acids is 1. The van der Waals surface area contributed by atoms with Crippen LogP contribution in [0.5, 0.6) is 0 Å². The number of halogens is 2. The molecule has 0 bridgehead atoms. The second kappa shape index (κ2) is 4.68. The molecule has 5 heteroatoms. The molecule has 3 rings (SSSR count). The summed E-state index contributed by atoms with van der Waals surface area (Å²) in [6, 6.07) is 9.36. The van der Waals surface area contributed by atoms with Gasteiger partial charge >= 0.3 is 0 Å². The standard InChI is InChI=1S/C15H12F2N2O/c16-10-5-6-11-13(7-10)19(15(20)14(11)18)8-9-3-1-2-4-12(9)17/h1-7,14H,8,18H2. The van der Waals surface area contributed by atoms with Crippen molar-refractivity contribution in [2.45, 2.75) is 12.6 Å². The number of hydrogen-bond donors (Lipinski definition) is 1. The molecule has 2 aromatic rings. The highest BCUT2D eigenvalue weighted by molar-refractivity contribution is 6.04. The fourth-order valence-corrected chi connectivity index (χ4v) is 2.39. The van der Waals surface area contributed by atoms with Gasteiger partial charge in [0.2, 0.25) is 5.91 Å². The number of rotatable bonds is 2. The predicted molar refractivity (Wildman–Crippen MR) is 70.9 cm³/mol. The predicted octanol–water partition coefficient (Wildman–Crippen LogP) is 2.51. The van der Waals surface area contributed by atoms with E-state index in [0.717, 1.165) is 0 Å². The van der Waals surface area contributed by atoms with Crippen LogP contribution in [0.2, 0.25) is 0 Å². The summed E-state index contributed by atoms with van der Waals surface area (Å²) < 4.78 is 27.0. The Balaban J connectivity index is 2.01. The number of amides is 1. The van der Waals surface area contributed by atoms with Gasteiger partial charge in [0.25, 0.3) is 0 Å². The van der Waals surface area contributed by atoms with E-state index in [0.29, 0.717) is 16.8 Å². The number of nitrogens with zero attached hydrogens (tertiary/aromatic N) is 1. The highest BCUT2D eigenvalue weighted by atomic mass is 19.1. The van der Waals surface area contributed by atoms with Gasteiger partial charge in [0.1, 0.15) is 17.7 Å². The molecule has 0 radical (unpaired) electrons. The van der Waals surface area contributed by atoms with Gasteiger partial charge in [-0.3, -0.25) is 4.79 Å². The second-order valence-corrected chi connectivity index (χ2v) is 4.70. The molecule has 2 N–H and O–H groups in total. The fourth-order valence-electron chi connectivity index (χ4n) is 2.39. The van der Waals surface area contributed by atoms with Gasteiger partial charge in [-0.15, -0.1) is 0 Å². The third-order valence-electron chi connectivity index (χ3n) is 3.44. The minimum atomic E-state index is -0.822. The van der Waals surface area contributed by atoms with E-state index in [1.807, 2.05) is 0 Å². The fraction of sp³-hybridized carbons (Fsp3) is 0.133. The lowest BCUT2D eigenvalue weighted by Crippen LogP contribution is -2.31. The molecule has 1 heterocycles. The Bertz CT molecular complexity index is 687. The summed E-state index contributed by atoms with van der Waals surface area (Å²) in [5.41, 5.74) is 7.15. The number of fused-ring (bicyclic) bond motifs is 1. The van der Waals surface area contributed by atoms with Crippen molar-refractivity contribution >= 4 is 11.6 Å². The van der Waals surface area contributed by atoms with Crippen molar-refractivity contribution in [3.63, 3.8) is 0 Å². The average molecular weight is 274 g/mol. The second-order valence-electron chi connectivity index (χ2n) is 4.70. The summed E-state index contributed by atoms with van der Waals surface area (Å²) in [4.78, 5) is 13.5. The molecule has 20 heavy (non-hydrogen) atoms. The third kappa shape index (κ3) is 1.96. The van der Waals surface area contributed by atoms with Crippen LogP contribution in [0.15, 0.2) is 42.5 Å². The number of carbonyl (C=O) groups is 1. The topological polar surface area (TPSA) is 46.3 Å².